The van der Waals surface area contributed by atoms with Crippen LogP contribution in [0.25, 0.3) is 10.6 Å². The number of aromatic nitrogens is 3. The molecule has 2 aromatic heterocycles. The Hall–Kier alpha value is -2.74. The number of nitrogens with one attached hydrogen (secondary N) is 2. The van der Waals surface area contributed by atoms with Crippen molar-refractivity contribution >= 4 is 17.4 Å². The number of thiazole rings is 1. The molecule has 0 spiro atoms. The van der Waals surface area contributed by atoms with E-state index >= 15 is 0 Å². The summed E-state index contributed by atoms with van der Waals surface area (Å²) in [4.78, 5) is 20.3. The van der Waals surface area contributed by atoms with Crippen LogP contribution in [0.1, 0.15) is 17.4 Å². The largest absolute Gasteiger partial charge is 0.340 e. The molecule has 0 aliphatic carbocycles. The average Bonchev–Trinajstić information content (AvgIpc) is 3.23. The van der Waals surface area contributed by atoms with Gasteiger partial charge in [0.25, 0.3) is 0 Å². The molecule has 124 valence electrons. The number of hydrogen-bond acceptors (Lipinski definition) is 6. The van der Waals surface area contributed by atoms with Gasteiger partial charge in [0.1, 0.15) is 5.01 Å². The number of hydrogen-bond donors (Lipinski definition) is 2. The van der Waals surface area contributed by atoms with E-state index in [1.54, 1.807) is 18.3 Å². The van der Waals surface area contributed by atoms with Crippen LogP contribution in [-0.4, -0.2) is 27.7 Å². The number of rotatable bonds is 6. The number of carbonyl (C=O) groups excluding carboxylic acids is 1. The van der Waals surface area contributed by atoms with Gasteiger partial charge in [0.05, 0.1) is 12.2 Å². The molecule has 3 aromatic rings. The molecule has 0 fully saturated rings. The fourth-order valence-corrected chi connectivity index (χ4v) is 2.93. The SMILES string of the molecule is Cc1nc(CNC(=O)NCCc2csc(-c3ccccc3)n2)no1. The van der Waals surface area contributed by atoms with Crippen molar-refractivity contribution < 1.29 is 9.32 Å². The Balaban J connectivity index is 1.41. The van der Waals surface area contributed by atoms with Crippen LogP contribution in [0.2, 0.25) is 0 Å². The minimum atomic E-state index is -0.268. The van der Waals surface area contributed by atoms with Crippen molar-refractivity contribution in [2.24, 2.45) is 0 Å². The van der Waals surface area contributed by atoms with Gasteiger partial charge in [-0.15, -0.1) is 11.3 Å². The van der Waals surface area contributed by atoms with Gasteiger partial charge < -0.3 is 15.2 Å². The molecule has 2 N–H and O–H groups in total. The first-order valence-corrected chi connectivity index (χ1v) is 8.39. The maximum absolute atomic E-state index is 11.7. The summed E-state index contributed by atoms with van der Waals surface area (Å²) < 4.78 is 4.83. The zero-order valence-electron chi connectivity index (χ0n) is 13.2. The molecule has 7 nitrogen and oxygen atoms in total. The normalized spacial score (nSPS) is 10.5. The quantitative estimate of drug-likeness (QED) is 0.717. The van der Waals surface area contributed by atoms with E-state index in [-0.39, 0.29) is 12.6 Å². The predicted molar refractivity (Wildman–Crippen MR) is 90.5 cm³/mol. The van der Waals surface area contributed by atoms with Crippen LogP contribution in [0.15, 0.2) is 40.2 Å². The van der Waals surface area contributed by atoms with Gasteiger partial charge in [-0.25, -0.2) is 9.78 Å². The summed E-state index contributed by atoms with van der Waals surface area (Å²) in [6, 6.07) is 9.77. The maximum Gasteiger partial charge on any atom is 0.315 e. The van der Waals surface area contributed by atoms with Crippen LogP contribution in [0.3, 0.4) is 0 Å². The first-order valence-electron chi connectivity index (χ1n) is 7.51. The van der Waals surface area contributed by atoms with Gasteiger partial charge in [0.2, 0.25) is 5.89 Å². The van der Waals surface area contributed by atoms with E-state index in [0.717, 1.165) is 16.3 Å². The third-order valence-electron chi connectivity index (χ3n) is 3.22. The molecule has 8 heteroatoms. The second-order valence-electron chi connectivity index (χ2n) is 5.10. The number of carbonyl (C=O) groups is 1. The lowest BCUT2D eigenvalue weighted by Crippen LogP contribution is -2.36. The van der Waals surface area contributed by atoms with Crippen LogP contribution in [0.5, 0.6) is 0 Å². The summed E-state index contributed by atoms with van der Waals surface area (Å²) in [6.45, 7) is 2.45. The number of nitrogens with zero attached hydrogens (tertiary/aromatic N) is 3. The van der Waals surface area contributed by atoms with Gasteiger partial charge in [0.15, 0.2) is 5.82 Å². The van der Waals surface area contributed by atoms with Gasteiger partial charge >= 0.3 is 6.03 Å². The van der Waals surface area contributed by atoms with Crippen LogP contribution < -0.4 is 10.6 Å². The van der Waals surface area contributed by atoms with Crippen molar-refractivity contribution in [2.45, 2.75) is 19.9 Å². The van der Waals surface area contributed by atoms with Crippen molar-refractivity contribution in [2.75, 3.05) is 6.54 Å². The molecule has 3 rings (SSSR count). The summed E-state index contributed by atoms with van der Waals surface area (Å²) in [7, 11) is 0. The van der Waals surface area contributed by atoms with Crippen LogP contribution >= 0.6 is 11.3 Å². The smallest absolute Gasteiger partial charge is 0.315 e. The fraction of sp³-hybridized carbons (Fsp3) is 0.250. The minimum Gasteiger partial charge on any atom is -0.340 e. The van der Waals surface area contributed by atoms with Gasteiger partial charge in [-0.2, -0.15) is 4.98 Å². The molecule has 0 saturated heterocycles. The maximum atomic E-state index is 11.7. The zero-order chi connectivity index (χ0) is 16.8. The van der Waals surface area contributed by atoms with Crippen LogP contribution in [0, 0.1) is 6.92 Å². The Morgan fingerprint density at radius 1 is 1.21 bits per heavy atom. The lowest BCUT2D eigenvalue weighted by Gasteiger charge is -2.04. The highest BCUT2D eigenvalue weighted by Gasteiger charge is 2.07. The molecule has 0 aliphatic rings. The van der Waals surface area contributed by atoms with E-state index < -0.39 is 0 Å². The summed E-state index contributed by atoms with van der Waals surface area (Å²) in [6.07, 6.45) is 0.679. The van der Waals surface area contributed by atoms with Crippen molar-refractivity contribution in [3.63, 3.8) is 0 Å². The van der Waals surface area contributed by atoms with E-state index in [9.17, 15) is 4.79 Å². The Bertz CT molecular complexity index is 800. The van der Waals surface area contributed by atoms with Gasteiger partial charge in [-0.3, -0.25) is 0 Å². The van der Waals surface area contributed by atoms with E-state index in [1.807, 2.05) is 35.7 Å². The molecule has 0 bridgehead atoms. The van der Waals surface area contributed by atoms with Crippen molar-refractivity contribution in [3.8, 4) is 10.6 Å². The molecule has 0 saturated carbocycles. The summed E-state index contributed by atoms with van der Waals surface area (Å²) in [5.41, 5.74) is 2.07. The van der Waals surface area contributed by atoms with Crippen molar-refractivity contribution in [1.29, 1.82) is 0 Å². The number of benzene rings is 1. The third kappa shape index (κ3) is 4.39. The molecule has 0 aliphatic heterocycles. The van der Waals surface area contributed by atoms with Crippen LogP contribution in [-0.2, 0) is 13.0 Å². The Morgan fingerprint density at radius 3 is 2.79 bits per heavy atom. The summed E-state index contributed by atoms with van der Waals surface area (Å²) in [5.74, 6) is 0.930. The van der Waals surface area contributed by atoms with Gasteiger partial charge in [-0.05, 0) is 0 Å². The Kier molecular flexibility index (Phi) is 5.17. The molecule has 0 unspecified atom stereocenters. The second-order valence-corrected chi connectivity index (χ2v) is 5.96. The number of urea groups is 1. The standard InChI is InChI=1S/C16H17N5O2S/c1-11-19-14(21-23-11)9-18-16(22)17-8-7-13-10-24-15(20-13)12-5-3-2-4-6-12/h2-6,10H,7-9H2,1H3,(H2,17,18,22). The summed E-state index contributed by atoms with van der Waals surface area (Å²) >= 11 is 1.60. The third-order valence-corrected chi connectivity index (χ3v) is 4.16. The molecule has 1 aromatic carbocycles. The lowest BCUT2D eigenvalue weighted by molar-refractivity contribution is 0.240. The summed E-state index contributed by atoms with van der Waals surface area (Å²) in [5, 5.41) is 12.2. The zero-order valence-corrected chi connectivity index (χ0v) is 14.0. The topological polar surface area (TPSA) is 92.9 Å². The van der Waals surface area contributed by atoms with E-state index in [2.05, 4.69) is 25.8 Å². The van der Waals surface area contributed by atoms with Crippen molar-refractivity contribution in [1.82, 2.24) is 25.8 Å². The van der Waals surface area contributed by atoms with Crippen molar-refractivity contribution in [3.05, 3.63) is 53.1 Å². The predicted octanol–water partition coefficient (Wildman–Crippen LogP) is 2.54. The molecule has 2 amide bonds. The highest BCUT2D eigenvalue weighted by molar-refractivity contribution is 7.13. The highest BCUT2D eigenvalue weighted by atomic mass is 32.1. The van der Waals surface area contributed by atoms with E-state index in [0.29, 0.717) is 24.7 Å². The minimum absolute atomic E-state index is 0.234. The van der Waals surface area contributed by atoms with Crippen LogP contribution in [0.4, 0.5) is 4.79 Å². The number of amides is 2. The fourth-order valence-electron chi connectivity index (χ4n) is 2.07. The molecule has 24 heavy (non-hydrogen) atoms. The monoisotopic (exact) mass is 343 g/mol. The molecular formula is C16H17N5O2S. The Labute approximate surface area is 143 Å². The Morgan fingerprint density at radius 2 is 2.04 bits per heavy atom. The first kappa shape index (κ1) is 16.1. The van der Waals surface area contributed by atoms with E-state index in [1.165, 1.54) is 0 Å². The lowest BCUT2D eigenvalue weighted by atomic mass is 10.2. The first-order chi connectivity index (χ1) is 11.7. The molecule has 2 heterocycles. The highest BCUT2D eigenvalue weighted by Crippen LogP contribution is 2.23. The second kappa shape index (κ2) is 7.69. The van der Waals surface area contributed by atoms with Gasteiger partial charge in [0, 0.05) is 30.8 Å². The van der Waals surface area contributed by atoms with E-state index in [4.69, 9.17) is 4.52 Å². The molecule has 0 atom stereocenters. The number of aryl methyl sites for hydroxylation is 1. The average molecular weight is 343 g/mol. The molecular weight excluding hydrogens is 326 g/mol. The molecule has 0 radical (unpaired) electrons. The van der Waals surface area contributed by atoms with Gasteiger partial charge in [-0.1, -0.05) is 35.5 Å².